The van der Waals surface area contributed by atoms with E-state index in [0.717, 1.165) is 5.56 Å². The van der Waals surface area contributed by atoms with Gasteiger partial charge in [0.05, 0.1) is 18.7 Å². The van der Waals surface area contributed by atoms with Crippen LogP contribution in [0.5, 0.6) is 5.75 Å². The molecule has 1 heterocycles. The van der Waals surface area contributed by atoms with E-state index in [4.69, 9.17) is 21.1 Å². The van der Waals surface area contributed by atoms with Crippen LogP contribution in [0.3, 0.4) is 0 Å². The van der Waals surface area contributed by atoms with Gasteiger partial charge in [-0.2, -0.15) is 0 Å². The molecule has 0 unspecified atom stereocenters. The third-order valence-corrected chi connectivity index (χ3v) is 5.39. The van der Waals surface area contributed by atoms with Gasteiger partial charge in [0.2, 0.25) is 0 Å². The Labute approximate surface area is 180 Å². The Kier molecular flexibility index (Phi) is 6.80. The minimum absolute atomic E-state index is 0.0595. The second-order valence-corrected chi connectivity index (χ2v) is 7.51. The molecule has 1 amide bonds. The number of likely N-dealkylation sites (tertiary alicyclic amines) is 1. The Morgan fingerprint density at radius 1 is 1.13 bits per heavy atom. The molecule has 0 bridgehead atoms. The number of aliphatic hydroxyl groups excluding tert-OH is 1. The first kappa shape index (κ1) is 21.9. The summed E-state index contributed by atoms with van der Waals surface area (Å²) in [5, 5.41) is 11.6. The molecule has 3 rings (SSSR count). The molecule has 1 aliphatic rings. The quantitative estimate of drug-likeness (QED) is 0.310. The third-order valence-electron chi connectivity index (χ3n) is 5.14. The Balaban J connectivity index is 2.12. The first-order chi connectivity index (χ1) is 14.4. The molecule has 0 radical (unpaired) electrons. The highest BCUT2D eigenvalue weighted by Gasteiger charge is 2.45. The van der Waals surface area contributed by atoms with Crippen LogP contribution in [-0.2, 0) is 14.3 Å². The van der Waals surface area contributed by atoms with E-state index < -0.39 is 17.7 Å². The summed E-state index contributed by atoms with van der Waals surface area (Å²) >= 11 is 6.02. The molecule has 0 aliphatic carbocycles. The van der Waals surface area contributed by atoms with E-state index in [1.807, 2.05) is 6.92 Å². The molecule has 1 atom stereocenters. The van der Waals surface area contributed by atoms with Crippen molar-refractivity contribution in [3.63, 3.8) is 0 Å². The smallest absolute Gasteiger partial charge is 0.295 e. The van der Waals surface area contributed by atoms with Gasteiger partial charge in [-0.05, 0) is 54.8 Å². The van der Waals surface area contributed by atoms with E-state index in [2.05, 4.69) is 0 Å². The molecule has 2 aromatic rings. The topological polar surface area (TPSA) is 76.1 Å². The van der Waals surface area contributed by atoms with Crippen LogP contribution in [-0.4, -0.2) is 49.1 Å². The Bertz CT molecular complexity index is 984. The summed E-state index contributed by atoms with van der Waals surface area (Å²) in [4.78, 5) is 27.2. The van der Waals surface area contributed by atoms with Crippen LogP contribution in [0, 0.1) is 6.92 Å². The number of halogens is 1. The fourth-order valence-electron chi connectivity index (χ4n) is 3.66. The van der Waals surface area contributed by atoms with Gasteiger partial charge in [-0.3, -0.25) is 9.59 Å². The molecule has 0 saturated carbocycles. The standard InChI is InChI=1S/C23H24ClNO5/c1-14-13-16(7-10-18(14)30-3)21(26)19-20(15-5-8-17(24)9-6-15)25(11-4-12-29-2)23(28)22(19)27/h5-10,13,20,26H,4,11-12H2,1-3H3/t20-/m1/s1. The fraction of sp³-hybridized carbons (Fsp3) is 0.304. The van der Waals surface area contributed by atoms with Crippen molar-refractivity contribution < 1.29 is 24.2 Å². The van der Waals surface area contributed by atoms with Crippen LogP contribution in [0.4, 0.5) is 0 Å². The number of rotatable bonds is 7. The number of ether oxygens (including phenoxy) is 2. The largest absolute Gasteiger partial charge is 0.507 e. The molecular formula is C23H24ClNO5. The molecule has 1 aliphatic heterocycles. The van der Waals surface area contributed by atoms with E-state index >= 15 is 0 Å². The number of hydrogen-bond donors (Lipinski definition) is 1. The lowest BCUT2D eigenvalue weighted by atomic mass is 9.94. The number of ketones is 1. The number of methoxy groups -OCH3 is 2. The average molecular weight is 430 g/mol. The van der Waals surface area contributed by atoms with Crippen molar-refractivity contribution in [3.8, 4) is 5.75 Å². The first-order valence-electron chi connectivity index (χ1n) is 9.56. The molecule has 7 heteroatoms. The van der Waals surface area contributed by atoms with Crippen molar-refractivity contribution in [2.45, 2.75) is 19.4 Å². The van der Waals surface area contributed by atoms with Crippen molar-refractivity contribution in [2.24, 2.45) is 0 Å². The zero-order chi connectivity index (χ0) is 21.8. The normalized spacial score (nSPS) is 18.1. The van der Waals surface area contributed by atoms with E-state index in [-0.39, 0.29) is 11.3 Å². The predicted octanol–water partition coefficient (Wildman–Crippen LogP) is 4.12. The van der Waals surface area contributed by atoms with Crippen molar-refractivity contribution in [1.82, 2.24) is 4.90 Å². The molecule has 158 valence electrons. The number of nitrogens with zero attached hydrogens (tertiary/aromatic N) is 1. The zero-order valence-corrected chi connectivity index (χ0v) is 17.9. The van der Waals surface area contributed by atoms with E-state index in [1.165, 1.54) is 4.90 Å². The molecule has 2 aromatic carbocycles. The minimum Gasteiger partial charge on any atom is -0.507 e. The maximum absolute atomic E-state index is 12.9. The second kappa shape index (κ2) is 9.32. The Hall–Kier alpha value is -2.83. The summed E-state index contributed by atoms with van der Waals surface area (Å²) in [6.07, 6.45) is 0.565. The number of Topliss-reactive ketones (excluding diaryl/α,β-unsaturated/α-hetero) is 1. The number of carbonyl (C=O) groups excluding carboxylic acids is 2. The number of carbonyl (C=O) groups is 2. The third kappa shape index (κ3) is 4.20. The van der Waals surface area contributed by atoms with Crippen LogP contribution in [0.15, 0.2) is 48.0 Å². The highest BCUT2D eigenvalue weighted by atomic mass is 35.5. The van der Waals surface area contributed by atoms with Crippen LogP contribution in [0.1, 0.15) is 29.2 Å². The highest BCUT2D eigenvalue weighted by Crippen LogP contribution is 2.40. The van der Waals surface area contributed by atoms with E-state index in [0.29, 0.717) is 41.5 Å². The van der Waals surface area contributed by atoms with Crippen molar-refractivity contribution in [3.05, 3.63) is 69.8 Å². The van der Waals surface area contributed by atoms with Gasteiger partial charge in [0.1, 0.15) is 11.5 Å². The summed E-state index contributed by atoms with van der Waals surface area (Å²) in [5.41, 5.74) is 2.01. The fourth-order valence-corrected chi connectivity index (χ4v) is 3.79. The second-order valence-electron chi connectivity index (χ2n) is 7.07. The molecular weight excluding hydrogens is 406 g/mol. The van der Waals surface area contributed by atoms with Crippen molar-refractivity contribution in [2.75, 3.05) is 27.4 Å². The number of hydrogen-bond acceptors (Lipinski definition) is 5. The lowest BCUT2D eigenvalue weighted by Crippen LogP contribution is -2.31. The minimum atomic E-state index is -0.710. The van der Waals surface area contributed by atoms with Gasteiger partial charge < -0.3 is 19.5 Å². The molecule has 1 saturated heterocycles. The van der Waals surface area contributed by atoms with E-state index in [9.17, 15) is 14.7 Å². The van der Waals surface area contributed by atoms with Crippen molar-refractivity contribution >= 4 is 29.1 Å². The van der Waals surface area contributed by atoms with Gasteiger partial charge in [-0.25, -0.2) is 0 Å². The number of aryl methyl sites for hydroxylation is 1. The molecule has 30 heavy (non-hydrogen) atoms. The molecule has 6 nitrogen and oxygen atoms in total. The van der Waals surface area contributed by atoms with E-state index in [1.54, 1.807) is 56.7 Å². The summed E-state index contributed by atoms with van der Waals surface area (Å²) in [5.74, 6) is -0.898. The highest BCUT2D eigenvalue weighted by molar-refractivity contribution is 6.46. The van der Waals surface area contributed by atoms with Crippen LogP contribution < -0.4 is 4.74 Å². The molecule has 0 aromatic heterocycles. The van der Waals surface area contributed by atoms with Crippen LogP contribution >= 0.6 is 11.6 Å². The first-order valence-corrected chi connectivity index (χ1v) is 9.94. The SMILES string of the molecule is COCCCN1C(=O)C(=O)C(=C(O)c2ccc(OC)c(C)c2)[C@H]1c1ccc(Cl)cc1. The zero-order valence-electron chi connectivity index (χ0n) is 17.1. The summed E-state index contributed by atoms with van der Waals surface area (Å²) < 4.78 is 10.4. The maximum Gasteiger partial charge on any atom is 0.295 e. The summed E-state index contributed by atoms with van der Waals surface area (Å²) in [6, 6.07) is 11.3. The molecule has 0 spiro atoms. The van der Waals surface area contributed by atoms with Gasteiger partial charge in [0.15, 0.2) is 0 Å². The van der Waals surface area contributed by atoms with Gasteiger partial charge in [-0.1, -0.05) is 23.7 Å². The van der Waals surface area contributed by atoms with Gasteiger partial charge in [0, 0.05) is 30.8 Å². The molecule has 1 fully saturated rings. The maximum atomic E-state index is 12.9. The van der Waals surface area contributed by atoms with Crippen LogP contribution in [0.25, 0.3) is 5.76 Å². The number of aliphatic hydroxyl groups is 1. The Morgan fingerprint density at radius 3 is 2.43 bits per heavy atom. The average Bonchev–Trinajstić information content (AvgIpc) is 2.99. The van der Waals surface area contributed by atoms with Crippen LogP contribution in [0.2, 0.25) is 5.02 Å². The number of amides is 1. The van der Waals surface area contributed by atoms with Crippen molar-refractivity contribution in [1.29, 1.82) is 0 Å². The Morgan fingerprint density at radius 2 is 1.83 bits per heavy atom. The summed E-state index contributed by atoms with van der Waals surface area (Å²) in [6.45, 7) is 2.62. The summed E-state index contributed by atoms with van der Waals surface area (Å²) in [7, 11) is 3.14. The van der Waals surface area contributed by atoms with Gasteiger partial charge >= 0.3 is 0 Å². The lowest BCUT2D eigenvalue weighted by Gasteiger charge is -2.25. The number of benzene rings is 2. The predicted molar refractivity (Wildman–Crippen MR) is 115 cm³/mol. The molecule has 1 N–H and O–H groups in total. The monoisotopic (exact) mass is 429 g/mol. The lowest BCUT2D eigenvalue weighted by molar-refractivity contribution is -0.140. The van der Waals surface area contributed by atoms with Gasteiger partial charge in [-0.15, -0.1) is 0 Å². The van der Waals surface area contributed by atoms with Gasteiger partial charge in [0.25, 0.3) is 11.7 Å².